The lowest BCUT2D eigenvalue weighted by Gasteiger charge is -2.31. The molecule has 0 aromatic rings. The van der Waals surface area contributed by atoms with E-state index in [1.807, 2.05) is 7.05 Å². The van der Waals surface area contributed by atoms with Gasteiger partial charge in [-0.25, -0.2) is 0 Å². The van der Waals surface area contributed by atoms with Gasteiger partial charge in [0.2, 0.25) is 0 Å². The first kappa shape index (κ1) is 9.96. The molecule has 1 saturated heterocycles. The molecule has 1 rings (SSSR count). The molecule has 0 aromatic heterocycles. The highest BCUT2D eigenvalue weighted by Crippen LogP contribution is 2.17. The van der Waals surface area contributed by atoms with Crippen molar-refractivity contribution in [1.82, 2.24) is 5.32 Å². The average molecular weight is 173 g/mol. The van der Waals surface area contributed by atoms with Crippen molar-refractivity contribution in [3.05, 3.63) is 0 Å². The standard InChI is InChI=1S/C9H19NO2/c1-9(2,10-3)7-8-11-5-4-6-12-8/h8,10H,4-7H2,1-3H3. The lowest BCUT2D eigenvalue weighted by Crippen LogP contribution is -2.42. The van der Waals surface area contributed by atoms with Gasteiger partial charge < -0.3 is 14.8 Å². The van der Waals surface area contributed by atoms with Gasteiger partial charge in [-0.3, -0.25) is 0 Å². The minimum atomic E-state index is -0.0128. The highest BCUT2D eigenvalue weighted by atomic mass is 16.7. The number of ether oxygens (including phenoxy) is 2. The van der Waals surface area contributed by atoms with Gasteiger partial charge in [0.15, 0.2) is 6.29 Å². The van der Waals surface area contributed by atoms with Crippen LogP contribution in [-0.2, 0) is 9.47 Å². The van der Waals surface area contributed by atoms with Crippen molar-refractivity contribution >= 4 is 0 Å². The summed E-state index contributed by atoms with van der Waals surface area (Å²) >= 11 is 0. The summed E-state index contributed by atoms with van der Waals surface area (Å²) in [7, 11) is 1.96. The smallest absolute Gasteiger partial charge is 0.159 e. The second kappa shape index (κ2) is 4.21. The van der Waals surface area contributed by atoms with Crippen LogP contribution >= 0.6 is 0 Å². The maximum atomic E-state index is 5.45. The Labute approximate surface area is 74.4 Å². The Balaban J connectivity index is 2.28. The van der Waals surface area contributed by atoms with E-state index in [-0.39, 0.29) is 11.8 Å². The van der Waals surface area contributed by atoms with Gasteiger partial charge in [0.25, 0.3) is 0 Å². The minimum absolute atomic E-state index is 0.0128. The zero-order chi connectivity index (χ0) is 9.03. The van der Waals surface area contributed by atoms with Crippen molar-refractivity contribution in [2.24, 2.45) is 0 Å². The second-order valence-corrected chi connectivity index (χ2v) is 3.86. The Hall–Kier alpha value is -0.120. The summed E-state index contributed by atoms with van der Waals surface area (Å²) in [4.78, 5) is 0. The van der Waals surface area contributed by atoms with Crippen LogP contribution in [0.4, 0.5) is 0 Å². The van der Waals surface area contributed by atoms with Gasteiger partial charge in [-0.2, -0.15) is 0 Å². The highest BCUT2D eigenvalue weighted by molar-refractivity contribution is 4.77. The summed E-state index contributed by atoms with van der Waals surface area (Å²) in [5.74, 6) is 0. The summed E-state index contributed by atoms with van der Waals surface area (Å²) in [5.41, 5.74) is 0.0992. The molecule has 0 amide bonds. The summed E-state index contributed by atoms with van der Waals surface area (Å²) in [6.45, 7) is 5.97. The third kappa shape index (κ3) is 3.09. The van der Waals surface area contributed by atoms with Crippen molar-refractivity contribution in [2.75, 3.05) is 20.3 Å². The van der Waals surface area contributed by atoms with Crippen LogP contribution < -0.4 is 5.32 Å². The third-order valence-electron chi connectivity index (χ3n) is 2.25. The largest absolute Gasteiger partial charge is 0.353 e. The van der Waals surface area contributed by atoms with E-state index in [1.165, 1.54) is 0 Å². The molecule has 1 fully saturated rings. The zero-order valence-corrected chi connectivity index (χ0v) is 8.22. The zero-order valence-electron chi connectivity index (χ0n) is 8.22. The second-order valence-electron chi connectivity index (χ2n) is 3.86. The van der Waals surface area contributed by atoms with E-state index >= 15 is 0 Å². The Kier molecular flexibility index (Phi) is 3.50. The van der Waals surface area contributed by atoms with Crippen molar-refractivity contribution < 1.29 is 9.47 Å². The topological polar surface area (TPSA) is 30.5 Å². The molecule has 0 atom stereocenters. The molecule has 0 spiro atoms. The fourth-order valence-electron chi connectivity index (χ4n) is 1.17. The van der Waals surface area contributed by atoms with Crippen molar-refractivity contribution in [3.8, 4) is 0 Å². The van der Waals surface area contributed by atoms with Crippen LogP contribution in [0.3, 0.4) is 0 Å². The Bertz CT molecular complexity index is 130. The van der Waals surface area contributed by atoms with Gasteiger partial charge in [0.05, 0.1) is 13.2 Å². The van der Waals surface area contributed by atoms with Crippen molar-refractivity contribution in [2.45, 2.75) is 38.5 Å². The molecule has 0 aliphatic carbocycles. The molecule has 72 valence electrons. The molecule has 1 heterocycles. The predicted molar refractivity (Wildman–Crippen MR) is 48.1 cm³/mol. The number of hydrogen-bond acceptors (Lipinski definition) is 3. The number of hydrogen-bond donors (Lipinski definition) is 1. The van der Waals surface area contributed by atoms with E-state index in [0.717, 1.165) is 26.1 Å². The fraction of sp³-hybridized carbons (Fsp3) is 1.00. The average Bonchev–Trinajstić information content (AvgIpc) is 2.06. The molecule has 3 nitrogen and oxygen atoms in total. The molecular formula is C9H19NO2. The molecular weight excluding hydrogens is 154 g/mol. The van der Waals surface area contributed by atoms with Gasteiger partial charge in [-0.15, -0.1) is 0 Å². The summed E-state index contributed by atoms with van der Waals surface area (Å²) in [6.07, 6.45) is 1.92. The van der Waals surface area contributed by atoms with E-state index in [2.05, 4.69) is 19.2 Å². The van der Waals surface area contributed by atoms with Gasteiger partial charge in [0.1, 0.15) is 0 Å². The monoisotopic (exact) mass is 173 g/mol. The lowest BCUT2D eigenvalue weighted by molar-refractivity contribution is -0.187. The van der Waals surface area contributed by atoms with Gasteiger partial charge in [-0.05, 0) is 27.3 Å². The van der Waals surface area contributed by atoms with E-state index in [0.29, 0.717) is 0 Å². The molecule has 1 N–H and O–H groups in total. The summed E-state index contributed by atoms with van der Waals surface area (Å²) < 4.78 is 10.9. The lowest BCUT2D eigenvalue weighted by atomic mass is 10.0. The normalized spacial score (nSPS) is 21.2. The summed E-state index contributed by atoms with van der Waals surface area (Å²) in [5, 5.41) is 3.23. The van der Waals surface area contributed by atoms with Crippen LogP contribution in [0.5, 0.6) is 0 Å². The van der Waals surface area contributed by atoms with E-state index < -0.39 is 0 Å². The number of nitrogens with one attached hydrogen (secondary N) is 1. The first-order valence-electron chi connectivity index (χ1n) is 4.56. The Morgan fingerprint density at radius 2 is 1.92 bits per heavy atom. The van der Waals surface area contributed by atoms with Crippen LogP contribution in [0, 0.1) is 0 Å². The minimum Gasteiger partial charge on any atom is -0.353 e. The Morgan fingerprint density at radius 3 is 2.42 bits per heavy atom. The van der Waals surface area contributed by atoms with E-state index in [4.69, 9.17) is 9.47 Å². The number of rotatable bonds is 3. The van der Waals surface area contributed by atoms with E-state index in [9.17, 15) is 0 Å². The van der Waals surface area contributed by atoms with Gasteiger partial charge in [0, 0.05) is 12.0 Å². The molecule has 12 heavy (non-hydrogen) atoms. The third-order valence-corrected chi connectivity index (χ3v) is 2.25. The first-order chi connectivity index (χ1) is 5.64. The van der Waals surface area contributed by atoms with Crippen LogP contribution in [0.25, 0.3) is 0 Å². The van der Waals surface area contributed by atoms with Crippen LogP contribution in [0.1, 0.15) is 26.7 Å². The maximum absolute atomic E-state index is 5.45. The predicted octanol–water partition coefficient (Wildman–Crippen LogP) is 1.14. The molecule has 1 aliphatic rings. The quantitative estimate of drug-likeness (QED) is 0.694. The highest BCUT2D eigenvalue weighted by Gasteiger charge is 2.24. The van der Waals surface area contributed by atoms with Crippen LogP contribution in [0.15, 0.2) is 0 Å². The SMILES string of the molecule is CNC(C)(C)CC1OCCCO1. The maximum Gasteiger partial charge on any atom is 0.159 e. The fourth-order valence-corrected chi connectivity index (χ4v) is 1.17. The van der Waals surface area contributed by atoms with Gasteiger partial charge >= 0.3 is 0 Å². The molecule has 0 radical (unpaired) electrons. The van der Waals surface area contributed by atoms with Crippen LogP contribution in [0.2, 0.25) is 0 Å². The molecule has 1 aliphatic heterocycles. The summed E-state index contributed by atoms with van der Waals surface area (Å²) in [6, 6.07) is 0. The first-order valence-corrected chi connectivity index (χ1v) is 4.56. The van der Waals surface area contributed by atoms with E-state index in [1.54, 1.807) is 0 Å². The molecule has 3 heteroatoms. The Morgan fingerprint density at radius 1 is 1.33 bits per heavy atom. The molecule has 0 aromatic carbocycles. The van der Waals surface area contributed by atoms with Crippen molar-refractivity contribution in [1.29, 1.82) is 0 Å². The van der Waals surface area contributed by atoms with Gasteiger partial charge in [-0.1, -0.05) is 0 Å². The van der Waals surface area contributed by atoms with Crippen molar-refractivity contribution in [3.63, 3.8) is 0 Å². The molecule has 0 unspecified atom stereocenters. The van der Waals surface area contributed by atoms with Crippen LogP contribution in [-0.4, -0.2) is 32.1 Å². The molecule has 0 saturated carbocycles. The molecule has 0 bridgehead atoms.